The van der Waals surface area contributed by atoms with E-state index >= 15 is 0 Å². The molecule has 2 heterocycles. The first-order valence-electron chi connectivity index (χ1n) is 7.68. The molecule has 0 radical (unpaired) electrons. The second-order valence-electron chi connectivity index (χ2n) is 6.71. The van der Waals surface area contributed by atoms with Crippen LogP contribution < -0.4 is 0 Å². The third-order valence-corrected chi connectivity index (χ3v) is 6.58. The number of carboxylic acids is 1. The SMILES string of the molecule is Cc1nc(-c2cc(-c3ccccc3)c(C(C)(C)C)s2)sc1C(=O)O. The lowest BCUT2D eigenvalue weighted by molar-refractivity contribution is 0.0701. The van der Waals surface area contributed by atoms with Gasteiger partial charge in [-0.05, 0) is 29.5 Å². The monoisotopic (exact) mass is 357 g/mol. The molecule has 24 heavy (non-hydrogen) atoms. The van der Waals surface area contributed by atoms with Gasteiger partial charge in [-0.3, -0.25) is 0 Å². The molecule has 0 aliphatic carbocycles. The van der Waals surface area contributed by atoms with Gasteiger partial charge < -0.3 is 5.11 Å². The fourth-order valence-electron chi connectivity index (χ4n) is 2.59. The summed E-state index contributed by atoms with van der Waals surface area (Å²) >= 11 is 2.95. The van der Waals surface area contributed by atoms with Crippen molar-refractivity contribution in [3.63, 3.8) is 0 Å². The second-order valence-corrected chi connectivity index (χ2v) is 8.76. The van der Waals surface area contributed by atoms with Gasteiger partial charge in [-0.25, -0.2) is 9.78 Å². The van der Waals surface area contributed by atoms with E-state index in [9.17, 15) is 9.90 Å². The molecule has 0 atom stereocenters. The van der Waals surface area contributed by atoms with Crippen LogP contribution in [0.1, 0.15) is 41.0 Å². The third-order valence-electron chi connectivity index (χ3n) is 3.70. The minimum absolute atomic E-state index is 0.00994. The fourth-order valence-corrected chi connectivity index (χ4v) is 4.77. The van der Waals surface area contributed by atoms with E-state index in [0.717, 1.165) is 9.88 Å². The Morgan fingerprint density at radius 1 is 1.12 bits per heavy atom. The van der Waals surface area contributed by atoms with Gasteiger partial charge >= 0.3 is 5.97 Å². The van der Waals surface area contributed by atoms with Crippen LogP contribution >= 0.6 is 22.7 Å². The molecule has 1 N–H and O–H groups in total. The van der Waals surface area contributed by atoms with Crippen LogP contribution in [0.5, 0.6) is 0 Å². The smallest absolute Gasteiger partial charge is 0.347 e. The number of thiazole rings is 1. The Bertz CT molecular complexity index is 886. The molecule has 5 heteroatoms. The number of thiophene rings is 1. The molecule has 3 aromatic rings. The molecule has 0 saturated heterocycles. The van der Waals surface area contributed by atoms with E-state index in [1.165, 1.54) is 27.3 Å². The fraction of sp³-hybridized carbons (Fsp3) is 0.263. The number of nitrogens with zero attached hydrogens (tertiary/aromatic N) is 1. The maximum absolute atomic E-state index is 11.3. The molecular weight excluding hydrogens is 338 g/mol. The molecule has 0 saturated carbocycles. The summed E-state index contributed by atoms with van der Waals surface area (Å²) in [6.07, 6.45) is 0. The predicted octanol–water partition coefficient (Wildman–Crippen LogP) is 5.84. The highest BCUT2D eigenvalue weighted by Crippen LogP contribution is 2.44. The van der Waals surface area contributed by atoms with Gasteiger partial charge in [0.25, 0.3) is 0 Å². The Morgan fingerprint density at radius 2 is 1.79 bits per heavy atom. The van der Waals surface area contributed by atoms with Crippen LogP contribution in [0.15, 0.2) is 36.4 Å². The average molecular weight is 358 g/mol. The maximum Gasteiger partial charge on any atom is 0.347 e. The number of benzene rings is 1. The predicted molar refractivity (Wildman–Crippen MR) is 101 cm³/mol. The van der Waals surface area contributed by atoms with Crippen molar-refractivity contribution in [1.82, 2.24) is 4.98 Å². The standard InChI is InChI=1S/C19H19NO2S2/c1-11-15(18(21)22)24-17(20-11)14-10-13(12-8-6-5-7-9-12)16(23-14)19(2,3)4/h5-10H,1-4H3,(H,21,22). The Kier molecular flexibility index (Phi) is 4.32. The van der Waals surface area contributed by atoms with Crippen molar-refractivity contribution < 1.29 is 9.90 Å². The zero-order chi connectivity index (χ0) is 17.5. The lowest BCUT2D eigenvalue weighted by Crippen LogP contribution is -2.09. The van der Waals surface area contributed by atoms with Crippen LogP contribution in [0.4, 0.5) is 0 Å². The van der Waals surface area contributed by atoms with Crippen molar-refractivity contribution in [2.24, 2.45) is 0 Å². The van der Waals surface area contributed by atoms with Gasteiger partial charge in [-0.15, -0.1) is 22.7 Å². The quantitative estimate of drug-likeness (QED) is 0.640. The number of aromatic carboxylic acids is 1. The first-order valence-corrected chi connectivity index (χ1v) is 9.31. The molecule has 0 spiro atoms. The lowest BCUT2D eigenvalue weighted by atomic mass is 9.89. The van der Waals surface area contributed by atoms with Crippen LogP contribution in [-0.4, -0.2) is 16.1 Å². The summed E-state index contributed by atoms with van der Waals surface area (Å²) in [4.78, 5) is 18.4. The number of aryl methyl sites for hydroxylation is 1. The van der Waals surface area contributed by atoms with E-state index < -0.39 is 5.97 Å². The van der Waals surface area contributed by atoms with Crippen molar-refractivity contribution in [1.29, 1.82) is 0 Å². The van der Waals surface area contributed by atoms with E-state index in [2.05, 4.69) is 44.0 Å². The summed E-state index contributed by atoms with van der Waals surface area (Å²) < 4.78 is 0. The number of carbonyl (C=O) groups is 1. The minimum atomic E-state index is -0.910. The van der Waals surface area contributed by atoms with Crippen molar-refractivity contribution in [3.05, 3.63) is 51.8 Å². The molecule has 0 unspecified atom stereocenters. The van der Waals surface area contributed by atoms with Crippen LogP contribution in [0.3, 0.4) is 0 Å². The Hall–Kier alpha value is -1.98. The molecule has 0 fully saturated rings. The summed E-state index contributed by atoms with van der Waals surface area (Å²) in [7, 11) is 0. The molecule has 2 aromatic heterocycles. The van der Waals surface area contributed by atoms with Crippen LogP contribution in [0.2, 0.25) is 0 Å². The number of hydrogen-bond acceptors (Lipinski definition) is 4. The highest BCUT2D eigenvalue weighted by molar-refractivity contribution is 7.23. The molecule has 0 aliphatic heterocycles. The largest absolute Gasteiger partial charge is 0.477 e. The van der Waals surface area contributed by atoms with Crippen molar-refractivity contribution in [3.8, 4) is 21.0 Å². The Labute approximate surface area is 149 Å². The maximum atomic E-state index is 11.3. The van der Waals surface area contributed by atoms with E-state index in [1.54, 1.807) is 18.3 Å². The second kappa shape index (κ2) is 6.15. The van der Waals surface area contributed by atoms with Crippen molar-refractivity contribution >= 4 is 28.6 Å². The summed E-state index contributed by atoms with van der Waals surface area (Å²) in [5, 5.41) is 10.0. The molecule has 3 nitrogen and oxygen atoms in total. The molecular formula is C19H19NO2S2. The zero-order valence-corrected chi connectivity index (χ0v) is 15.7. The number of rotatable bonds is 3. The molecule has 124 valence electrons. The van der Waals surface area contributed by atoms with E-state index in [-0.39, 0.29) is 5.41 Å². The summed E-state index contributed by atoms with van der Waals surface area (Å²) in [6.45, 7) is 8.35. The highest BCUT2D eigenvalue weighted by atomic mass is 32.1. The average Bonchev–Trinajstić information content (AvgIpc) is 3.11. The third kappa shape index (κ3) is 3.14. The van der Waals surface area contributed by atoms with Crippen LogP contribution in [0, 0.1) is 6.92 Å². The Morgan fingerprint density at radius 3 is 2.33 bits per heavy atom. The first-order chi connectivity index (χ1) is 11.3. The summed E-state index contributed by atoms with van der Waals surface area (Å²) in [6, 6.07) is 12.4. The van der Waals surface area contributed by atoms with Crippen LogP contribution in [0.25, 0.3) is 21.0 Å². The molecule has 3 rings (SSSR count). The number of hydrogen-bond donors (Lipinski definition) is 1. The van der Waals surface area contributed by atoms with E-state index in [0.29, 0.717) is 10.6 Å². The van der Waals surface area contributed by atoms with Crippen LogP contribution in [-0.2, 0) is 5.41 Å². The Balaban J connectivity index is 2.16. The van der Waals surface area contributed by atoms with Gasteiger partial charge in [-0.2, -0.15) is 0 Å². The minimum Gasteiger partial charge on any atom is -0.477 e. The first kappa shape index (κ1) is 16.9. The number of aromatic nitrogens is 1. The van der Waals surface area contributed by atoms with Gasteiger partial charge in [0.2, 0.25) is 0 Å². The highest BCUT2D eigenvalue weighted by Gasteiger charge is 2.24. The van der Waals surface area contributed by atoms with Gasteiger partial charge in [-0.1, -0.05) is 51.1 Å². The summed E-state index contributed by atoms with van der Waals surface area (Å²) in [5.74, 6) is -0.910. The van der Waals surface area contributed by atoms with Crippen molar-refractivity contribution in [2.45, 2.75) is 33.1 Å². The van der Waals surface area contributed by atoms with Gasteiger partial charge in [0, 0.05) is 4.88 Å². The van der Waals surface area contributed by atoms with Gasteiger partial charge in [0.05, 0.1) is 10.6 Å². The molecule has 0 aliphatic rings. The topological polar surface area (TPSA) is 50.2 Å². The number of carboxylic acid groups (broad SMARTS) is 1. The zero-order valence-electron chi connectivity index (χ0n) is 14.1. The van der Waals surface area contributed by atoms with Gasteiger partial charge in [0.15, 0.2) is 0 Å². The normalized spacial score (nSPS) is 11.7. The summed E-state index contributed by atoms with van der Waals surface area (Å²) in [5.41, 5.74) is 2.97. The van der Waals surface area contributed by atoms with Gasteiger partial charge in [0.1, 0.15) is 9.88 Å². The lowest BCUT2D eigenvalue weighted by Gasteiger charge is -2.19. The van der Waals surface area contributed by atoms with E-state index in [4.69, 9.17) is 0 Å². The molecule has 0 amide bonds. The van der Waals surface area contributed by atoms with Crippen molar-refractivity contribution in [2.75, 3.05) is 0 Å². The molecule has 1 aromatic carbocycles. The molecule has 0 bridgehead atoms. The van der Waals surface area contributed by atoms with E-state index in [1.807, 2.05) is 18.2 Å².